The SMILES string of the molecule is C[C@@H](COCc1ccccc1)[C@H](O)C[C@H](OCc1ccccc1)[C@H]1COC(C)(C)O1. The van der Waals surface area contributed by atoms with Gasteiger partial charge >= 0.3 is 0 Å². The van der Waals surface area contributed by atoms with Gasteiger partial charge in [0.15, 0.2) is 5.79 Å². The van der Waals surface area contributed by atoms with Crippen LogP contribution in [0.15, 0.2) is 60.7 Å². The fourth-order valence-corrected chi connectivity index (χ4v) is 3.52. The number of benzene rings is 2. The molecule has 1 aliphatic rings. The van der Waals surface area contributed by atoms with E-state index in [2.05, 4.69) is 0 Å². The number of hydrogen-bond donors (Lipinski definition) is 1. The van der Waals surface area contributed by atoms with Crippen molar-refractivity contribution < 1.29 is 24.1 Å². The molecule has 30 heavy (non-hydrogen) atoms. The minimum Gasteiger partial charge on any atom is -0.393 e. The molecule has 0 amide bonds. The molecule has 164 valence electrons. The average Bonchev–Trinajstić information content (AvgIpc) is 3.12. The highest BCUT2D eigenvalue weighted by atomic mass is 16.7. The zero-order valence-corrected chi connectivity index (χ0v) is 18.2. The standard InChI is InChI=1S/C25H34O5/c1-19(15-27-16-20-10-6-4-7-11-20)22(26)14-23(24-18-29-25(2,3)30-24)28-17-21-12-8-5-9-13-21/h4-13,19,22-24,26H,14-18H2,1-3H3/t19-,22+,23-,24+/m0/s1. The second-order valence-corrected chi connectivity index (χ2v) is 8.48. The van der Waals surface area contributed by atoms with E-state index < -0.39 is 11.9 Å². The molecule has 0 aliphatic carbocycles. The molecular formula is C25H34O5. The summed E-state index contributed by atoms with van der Waals surface area (Å²) in [5.41, 5.74) is 2.22. The molecule has 0 unspecified atom stereocenters. The summed E-state index contributed by atoms with van der Waals surface area (Å²) < 4.78 is 23.8. The number of aliphatic hydroxyl groups is 1. The molecule has 1 heterocycles. The molecule has 5 nitrogen and oxygen atoms in total. The molecule has 0 saturated carbocycles. The van der Waals surface area contributed by atoms with E-state index in [-0.39, 0.29) is 18.1 Å². The Balaban J connectivity index is 1.52. The molecule has 5 heteroatoms. The smallest absolute Gasteiger partial charge is 0.163 e. The molecule has 1 N–H and O–H groups in total. The average molecular weight is 415 g/mol. The molecule has 2 aromatic rings. The van der Waals surface area contributed by atoms with E-state index in [0.717, 1.165) is 11.1 Å². The lowest BCUT2D eigenvalue weighted by Gasteiger charge is -2.28. The topological polar surface area (TPSA) is 57.2 Å². The predicted molar refractivity (Wildman–Crippen MR) is 116 cm³/mol. The van der Waals surface area contributed by atoms with Gasteiger partial charge in [-0.2, -0.15) is 0 Å². The highest BCUT2D eigenvalue weighted by Gasteiger charge is 2.39. The van der Waals surface area contributed by atoms with Crippen molar-refractivity contribution in [3.05, 3.63) is 71.8 Å². The van der Waals surface area contributed by atoms with Crippen molar-refractivity contribution in [1.29, 1.82) is 0 Å². The van der Waals surface area contributed by atoms with E-state index in [4.69, 9.17) is 18.9 Å². The Labute approximate surface area is 179 Å². The first-order valence-electron chi connectivity index (χ1n) is 10.7. The lowest BCUT2D eigenvalue weighted by atomic mass is 9.97. The lowest BCUT2D eigenvalue weighted by molar-refractivity contribution is -0.162. The van der Waals surface area contributed by atoms with E-state index in [1.165, 1.54) is 0 Å². The predicted octanol–water partition coefficient (Wildman–Crippen LogP) is 4.33. The van der Waals surface area contributed by atoms with Crippen LogP contribution in [0.25, 0.3) is 0 Å². The number of ether oxygens (including phenoxy) is 4. The number of rotatable bonds is 11. The van der Waals surface area contributed by atoms with Gasteiger partial charge in [-0.3, -0.25) is 0 Å². The van der Waals surface area contributed by atoms with Gasteiger partial charge in [0.25, 0.3) is 0 Å². The summed E-state index contributed by atoms with van der Waals surface area (Å²) in [6, 6.07) is 20.1. The maximum absolute atomic E-state index is 10.8. The van der Waals surface area contributed by atoms with Crippen LogP contribution in [0.3, 0.4) is 0 Å². The fourth-order valence-electron chi connectivity index (χ4n) is 3.52. The molecule has 0 radical (unpaired) electrons. The molecule has 0 aromatic heterocycles. The van der Waals surface area contributed by atoms with Gasteiger partial charge in [-0.05, 0) is 25.0 Å². The summed E-state index contributed by atoms with van der Waals surface area (Å²) >= 11 is 0. The summed E-state index contributed by atoms with van der Waals surface area (Å²) in [7, 11) is 0. The minimum absolute atomic E-state index is 0.0214. The first-order chi connectivity index (χ1) is 14.4. The van der Waals surface area contributed by atoms with Gasteiger partial charge in [0.1, 0.15) is 6.10 Å². The van der Waals surface area contributed by atoms with E-state index >= 15 is 0 Å². The van der Waals surface area contributed by atoms with Crippen LogP contribution < -0.4 is 0 Å². The Morgan fingerprint density at radius 2 is 1.60 bits per heavy atom. The Morgan fingerprint density at radius 1 is 1.00 bits per heavy atom. The van der Waals surface area contributed by atoms with Crippen LogP contribution in [0.2, 0.25) is 0 Å². The molecular weight excluding hydrogens is 380 g/mol. The summed E-state index contributed by atoms with van der Waals surface area (Å²) in [6.45, 7) is 7.75. The van der Waals surface area contributed by atoms with Gasteiger partial charge in [0.05, 0.1) is 38.6 Å². The van der Waals surface area contributed by atoms with Gasteiger partial charge < -0.3 is 24.1 Å². The highest BCUT2D eigenvalue weighted by Crippen LogP contribution is 2.28. The van der Waals surface area contributed by atoms with Crippen molar-refractivity contribution >= 4 is 0 Å². The zero-order valence-electron chi connectivity index (χ0n) is 18.2. The third-order valence-corrected chi connectivity index (χ3v) is 5.37. The zero-order chi connectivity index (χ0) is 21.4. The van der Waals surface area contributed by atoms with Gasteiger partial charge in [-0.25, -0.2) is 0 Å². The van der Waals surface area contributed by atoms with Crippen LogP contribution >= 0.6 is 0 Å². The normalized spacial score (nSPS) is 21.3. The van der Waals surface area contributed by atoms with Gasteiger partial charge in [-0.1, -0.05) is 67.6 Å². The van der Waals surface area contributed by atoms with Crippen molar-refractivity contribution in [2.24, 2.45) is 5.92 Å². The summed E-state index contributed by atoms with van der Waals surface area (Å²) in [5.74, 6) is -0.652. The molecule has 1 saturated heterocycles. The summed E-state index contributed by atoms with van der Waals surface area (Å²) in [6.07, 6.45) is -0.574. The van der Waals surface area contributed by atoms with Crippen LogP contribution in [0, 0.1) is 5.92 Å². The maximum Gasteiger partial charge on any atom is 0.163 e. The Bertz CT molecular complexity index is 734. The first kappa shape index (κ1) is 22.9. The Kier molecular flexibility index (Phi) is 8.42. The summed E-state index contributed by atoms with van der Waals surface area (Å²) in [5, 5.41) is 10.8. The molecule has 0 bridgehead atoms. The highest BCUT2D eigenvalue weighted by molar-refractivity contribution is 5.14. The molecule has 3 rings (SSSR count). The largest absolute Gasteiger partial charge is 0.393 e. The Morgan fingerprint density at radius 3 is 2.17 bits per heavy atom. The van der Waals surface area contributed by atoms with E-state index in [1.54, 1.807) is 0 Å². The van der Waals surface area contributed by atoms with Crippen molar-refractivity contribution in [2.75, 3.05) is 13.2 Å². The first-order valence-corrected chi connectivity index (χ1v) is 10.7. The van der Waals surface area contributed by atoms with Crippen molar-refractivity contribution in [3.8, 4) is 0 Å². The molecule has 1 aliphatic heterocycles. The summed E-state index contributed by atoms with van der Waals surface area (Å²) in [4.78, 5) is 0. The quantitative estimate of drug-likeness (QED) is 0.593. The van der Waals surface area contributed by atoms with Crippen molar-refractivity contribution in [3.63, 3.8) is 0 Å². The number of hydrogen-bond acceptors (Lipinski definition) is 5. The number of aliphatic hydroxyl groups excluding tert-OH is 1. The second kappa shape index (κ2) is 11.0. The second-order valence-electron chi connectivity index (χ2n) is 8.48. The third-order valence-electron chi connectivity index (χ3n) is 5.37. The van der Waals surface area contributed by atoms with E-state index in [1.807, 2.05) is 81.4 Å². The monoisotopic (exact) mass is 414 g/mol. The van der Waals surface area contributed by atoms with Crippen LogP contribution in [0.1, 0.15) is 38.3 Å². The molecule has 4 atom stereocenters. The van der Waals surface area contributed by atoms with Crippen LogP contribution in [-0.2, 0) is 32.2 Å². The van der Waals surface area contributed by atoms with Gasteiger partial charge in [0, 0.05) is 12.3 Å². The van der Waals surface area contributed by atoms with Gasteiger partial charge in [0.2, 0.25) is 0 Å². The van der Waals surface area contributed by atoms with Crippen molar-refractivity contribution in [2.45, 2.75) is 64.5 Å². The minimum atomic E-state index is -0.631. The fraction of sp³-hybridized carbons (Fsp3) is 0.520. The van der Waals surface area contributed by atoms with Crippen molar-refractivity contribution in [1.82, 2.24) is 0 Å². The van der Waals surface area contributed by atoms with Crippen LogP contribution in [0.5, 0.6) is 0 Å². The van der Waals surface area contributed by atoms with Crippen LogP contribution in [-0.4, -0.2) is 42.4 Å². The lowest BCUT2D eigenvalue weighted by Crippen LogP contribution is -2.38. The maximum atomic E-state index is 10.8. The molecule has 0 spiro atoms. The molecule has 2 aromatic carbocycles. The van der Waals surface area contributed by atoms with Gasteiger partial charge in [-0.15, -0.1) is 0 Å². The van der Waals surface area contributed by atoms with E-state index in [0.29, 0.717) is 32.8 Å². The third kappa shape index (κ3) is 7.18. The Hall–Kier alpha value is -1.76. The molecule has 1 fully saturated rings. The van der Waals surface area contributed by atoms with E-state index in [9.17, 15) is 5.11 Å². The van der Waals surface area contributed by atoms with Crippen LogP contribution in [0.4, 0.5) is 0 Å².